The number of rotatable bonds is 4. The fourth-order valence-electron chi connectivity index (χ4n) is 1.28. The van der Waals surface area contributed by atoms with Crippen molar-refractivity contribution in [2.75, 3.05) is 5.33 Å². The predicted molar refractivity (Wildman–Crippen MR) is 62.6 cm³/mol. The van der Waals surface area contributed by atoms with Crippen LogP contribution in [0.5, 0.6) is 0 Å². The van der Waals surface area contributed by atoms with E-state index in [0.29, 0.717) is 0 Å². The Hall–Kier alpha value is -1.49. The molecular weight excluding hydrogens is 292 g/mol. The first-order valence-corrected chi connectivity index (χ1v) is 5.73. The number of nitro groups is 1. The van der Waals surface area contributed by atoms with E-state index >= 15 is 0 Å². The Morgan fingerprint density at radius 1 is 1.47 bits per heavy atom. The quantitative estimate of drug-likeness (QED) is 0.494. The highest BCUT2D eigenvalue weighted by Gasteiger charge is 2.20. The summed E-state index contributed by atoms with van der Waals surface area (Å²) in [5.41, 5.74) is -0.0856. The number of non-ortho nitro benzene ring substituents is 1. The Kier molecular flexibility index (Phi) is 4.57. The summed E-state index contributed by atoms with van der Waals surface area (Å²) in [4.78, 5) is 9.97. The summed E-state index contributed by atoms with van der Waals surface area (Å²) in [7, 11) is 0. The van der Waals surface area contributed by atoms with Crippen LogP contribution in [-0.4, -0.2) is 26.6 Å². The Labute approximate surface area is 105 Å². The summed E-state index contributed by atoms with van der Waals surface area (Å²) < 4.78 is 0. The third-order valence-electron chi connectivity index (χ3n) is 2.14. The fraction of sp³-hybridized carbons (Fsp3) is 0.300. The van der Waals surface area contributed by atoms with E-state index in [9.17, 15) is 20.3 Å². The van der Waals surface area contributed by atoms with Gasteiger partial charge in [-0.25, -0.2) is 0 Å². The number of hydrogen-bond acceptors (Lipinski definition) is 5. The summed E-state index contributed by atoms with van der Waals surface area (Å²) in [6.45, 7) is 0. The van der Waals surface area contributed by atoms with E-state index in [1.54, 1.807) is 6.07 Å². The van der Waals surface area contributed by atoms with Crippen LogP contribution in [-0.2, 0) is 0 Å². The van der Waals surface area contributed by atoms with Gasteiger partial charge in [0.15, 0.2) is 0 Å². The molecule has 1 aromatic rings. The van der Waals surface area contributed by atoms with Crippen LogP contribution in [0.1, 0.15) is 17.2 Å². The molecule has 2 atom stereocenters. The second-order valence-corrected chi connectivity index (χ2v) is 4.00. The van der Waals surface area contributed by atoms with Gasteiger partial charge in [-0.05, 0) is 11.6 Å². The molecule has 0 bridgehead atoms. The van der Waals surface area contributed by atoms with Crippen LogP contribution in [0.15, 0.2) is 18.2 Å². The van der Waals surface area contributed by atoms with Crippen molar-refractivity contribution in [3.8, 4) is 6.07 Å². The molecule has 90 valence electrons. The molecule has 6 nitrogen and oxygen atoms in total. The lowest BCUT2D eigenvalue weighted by atomic mass is 10.0. The number of halogens is 1. The minimum absolute atomic E-state index is 0.0648. The van der Waals surface area contributed by atoms with Crippen molar-refractivity contribution < 1.29 is 15.1 Å². The number of nitriles is 1. The maximum atomic E-state index is 10.6. The Morgan fingerprint density at radius 2 is 2.12 bits per heavy atom. The van der Waals surface area contributed by atoms with Gasteiger partial charge in [0, 0.05) is 17.5 Å². The highest BCUT2D eigenvalue weighted by Crippen LogP contribution is 2.24. The first-order valence-electron chi connectivity index (χ1n) is 4.61. The van der Waals surface area contributed by atoms with Gasteiger partial charge in [-0.15, -0.1) is 0 Å². The van der Waals surface area contributed by atoms with Gasteiger partial charge in [-0.2, -0.15) is 5.26 Å². The number of aliphatic hydroxyl groups is 2. The molecule has 0 fully saturated rings. The van der Waals surface area contributed by atoms with E-state index in [2.05, 4.69) is 15.9 Å². The molecule has 0 radical (unpaired) electrons. The molecule has 0 aliphatic heterocycles. The van der Waals surface area contributed by atoms with Crippen molar-refractivity contribution >= 4 is 21.6 Å². The number of alkyl halides is 1. The van der Waals surface area contributed by atoms with Crippen LogP contribution >= 0.6 is 15.9 Å². The molecule has 0 saturated carbocycles. The number of hydrogen-bond donors (Lipinski definition) is 2. The van der Waals surface area contributed by atoms with E-state index in [1.807, 2.05) is 0 Å². The Bertz CT molecular complexity index is 472. The van der Waals surface area contributed by atoms with Crippen molar-refractivity contribution in [2.45, 2.75) is 12.2 Å². The molecule has 1 rings (SSSR count). The lowest BCUT2D eigenvalue weighted by Gasteiger charge is -2.15. The summed E-state index contributed by atoms with van der Waals surface area (Å²) in [6, 6.07) is 5.32. The van der Waals surface area contributed by atoms with Crippen LogP contribution in [0.4, 0.5) is 5.69 Å². The normalized spacial score (nSPS) is 13.8. The largest absolute Gasteiger partial charge is 0.389 e. The minimum atomic E-state index is -1.28. The highest BCUT2D eigenvalue weighted by molar-refractivity contribution is 9.09. The average molecular weight is 301 g/mol. The van der Waals surface area contributed by atoms with Crippen LogP contribution in [0, 0.1) is 21.4 Å². The number of benzene rings is 1. The van der Waals surface area contributed by atoms with Crippen molar-refractivity contribution in [2.24, 2.45) is 0 Å². The maximum absolute atomic E-state index is 10.6. The Balaban J connectivity index is 3.20. The molecule has 0 amide bonds. The Morgan fingerprint density at radius 3 is 2.59 bits per heavy atom. The molecule has 0 aliphatic rings. The van der Waals surface area contributed by atoms with Gasteiger partial charge >= 0.3 is 0 Å². The van der Waals surface area contributed by atoms with Crippen LogP contribution < -0.4 is 0 Å². The second kappa shape index (κ2) is 5.72. The molecule has 17 heavy (non-hydrogen) atoms. The van der Waals surface area contributed by atoms with Gasteiger partial charge in [0.05, 0.1) is 22.7 Å². The molecule has 0 saturated heterocycles. The van der Waals surface area contributed by atoms with Crippen molar-refractivity contribution in [1.82, 2.24) is 0 Å². The van der Waals surface area contributed by atoms with Gasteiger partial charge in [0.1, 0.15) is 6.10 Å². The zero-order valence-electron chi connectivity index (χ0n) is 8.58. The SMILES string of the molecule is N#Cc1cc(C(O)C(O)CBr)cc([N+](=O)[O-])c1. The summed E-state index contributed by atoms with van der Waals surface area (Å²) >= 11 is 2.99. The first-order chi connectivity index (χ1) is 7.99. The third kappa shape index (κ3) is 3.23. The third-order valence-corrected chi connectivity index (χ3v) is 2.81. The lowest BCUT2D eigenvalue weighted by Crippen LogP contribution is -2.19. The summed E-state index contributed by atoms with van der Waals surface area (Å²) in [5.74, 6) is 0. The van der Waals surface area contributed by atoms with E-state index in [1.165, 1.54) is 6.07 Å². The molecule has 0 heterocycles. The topological polar surface area (TPSA) is 107 Å². The van der Waals surface area contributed by atoms with Crippen molar-refractivity contribution in [3.63, 3.8) is 0 Å². The van der Waals surface area contributed by atoms with E-state index in [4.69, 9.17) is 5.26 Å². The molecule has 7 heteroatoms. The van der Waals surface area contributed by atoms with Gasteiger partial charge in [0.2, 0.25) is 0 Å². The van der Waals surface area contributed by atoms with Crippen LogP contribution in [0.2, 0.25) is 0 Å². The second-order valence-electron chi connectivity index (χ2n) is 3.35. The summed E-state index contributed by atoms with van der Waals surface area (Å²) in [5, 5.41) is 38.6. The van der Waals surface area contributed by atoms with Gasteiger partial charge in [-0.3, -0.25) is 10.1 Å². The molecule has 0 spiro atoms. The van der Waals surface area contributed by atoms with E-state index in [0.717, 1.165) is 12.1 Å². The lowest BCUT2D eigenvalue weighted by molar-refractivity contribution is -0.385. The number of nitro benzene ring substituents is 1. The smallest absolute Gasteiger partial charge is 0.271 e. The van der Waals surface area contributed by atoms with Crippen LogP contribution in [0.25, 0.3) is 0 Å². The molecule has 2 unspecified atom stereocenters. The highest BCUT2D eigenvalue weighted by atomic mass is 79.9. The molecule has 1 aromatic carbocycles. The molecular formula is C10H9BrN2O4. The first kappa shape index (κ1) is 13.6. The zero-order chi connectivity index (χ0) is 13.0. The zero-order valence-corrected chi connectivity index (χ0v) is 10.2. The van der Waals surface area contributed by atoms with Crippen molar-refractivity contribution in [1.29, 1.82) is 5.26 Å². The number of aliphatic hydroxyl groups excluding tert-OH is 2. The number of nitrogens with zero attached hydrogens (tertiary/aromatic N) is 2. The van der Waals surface area contributed by atoms with E-state index in [-0.39, 0.29) is 22.1 Å². The van der Waals surface area contributed by atoms with Gasteiger partial charge < -0.3 is 10.2 Å². The fourth-order valence-corrected chi connectivity index (χ4v) is 1.64. The monoisotopic (exact) mass is 300 g/mol. The van der Waals surface area contributed by atoms with E-state index < -0.39 is 17.1 Å². The predicted octanol–water partition coefficient (Wildman–Crippen LogP) is 1.26. The molecule has 0 aromatic heterocycles. The average Bonchev–Trinajstić information content (AvgIpc) is 2.36. The molecule has 2 N–H and O–H groups in total. The van der Waals surface area contributed by atoms with Crippen LogP contribution in [0.3, 0.4) is 0 Å². The van der Waals surface area contributed by atoms with Gasteiger partial charge in [-0.1, -0.05) is 15.9 Å². The van der Waals surface area contributed by atoms with Crippen molar-refractivity contribution in [3.05, 3.63) is 39.4 Å². The summed E-state index contributed by atoms with van der Waals surface area (Å²) in [6.07, 6.45) is -2.37. The standard InChI is InChI=1S/C10H9BrN2O4/c11-4-9(14)10(15)7-1-6(5-12)2-8(3-7)13(16)17/h1-3,9-10,14-15H,4H2. The minimum Gasteiger partial charge on any atom is -0.389 e. The van der Waals surface area contributed by atoms with Gasteiger partial charge in [0.25, 0.3) is 5.69 Å². The molecule has 0 aliphatic carbocycles. The maximum Gasteiger partial charge on any atom is 0.271 e.